The van der Waals surface area contributed by atoms with Crippen LogP contribution in [0.25, 0.3) is 33.1 Å². The number of aromatic nitrogens is 1. The van der Waals surface area contributed by atoms with Crippen LogP contribution in [-0.2, 0) is 16.2 Å². The zero-order valence-corrected chi connectivity index (χ0v) is 39.7. The predicted molar refractivity (Wildman–Crippen MR) is 282 cm³/mol. The fraction of sp³-hybridized carbons (Fsp3) is 0.219. The standard InChI is InChI=1S/C64H57N3/c1-40-26-30-48-50-32-27-44(37-57(50)64(6,7)55(48)34-40)65(41-18-10-8-11-19-41)43-29-33-59-51(35-43)52-36-46(39-58-61(52)67(59)60-25-17-16-24-54(60)63(58,4)5)66(42-20-12-9-13-21-42)45-28-31-49-47-22-14-15-23-53(47)62(2,3)56(49)38-45/h8-30,32-33,35-40,49H,31,34H2,1-7H3/t40-,49?/m0/s1. The van der Waals surface area contributed by atoms with E-state index in [1.165, 1.54) is 94.8 Å². The number of anilines is 5. The summed E-state index contributed by atoms with van der Waals surface area (Å²) >= 11 is 0. The highest BCUT2D eigenvalue weighted by atomic mass is 15.2. The summed E-state index contributed by atoms with van der Waals surface area (Å²) in [5.74, 6) is 0.950. The van der Waals surface area contributed by atoms with E-state index in [4.69, 9.17) is 0 Å². The number of allylic oxidation sites excluding steroid dienone is 7. The van der Waals surface area contributed by atoms with Gasteiger partial charge in [0.25, 0.3) is 0 Å². The fourth-order valence-corrected chi connectivity index (χ4v) is 13.1. The van der Waals surface area contributed by atoms with Gasteiger partial charge in [-0.25, -0.2) is 0 Å². The van der Waals surface area contributed by atoms with Crippen molar-refractivity contribution < 1.29 is 0 Å². The number of hydrogen-bond donors (Lipinski definition) is 0. The molecule has 67 heavy (non-hydrogen) atoms. The average molecular weight is 868 g/mol. The van der Waals surface area contributed by atoms with Crippen LogP contribution in [0.1, 0.15) is 101 Å². The lowest BCUT2D eigenvalue weighted by Gasteiger charge is -2.37. The van der Waals surface area contributed by atoms with Crippen molar-refractivity contribution >= 4 is 55.8 Å². The van der Waals surface area contributed by atoms with Crippen LogP contribution in [0, 0.1) is 5.92 Å². The minimum atomic E-state index is -0.256. The molecule has 13 rings (SSSR count). The van der Waals surface area contributed by atoms with Crippen LogP contribution in [0.2, 0.25) is 0 Å². The Morgan fingerprint density at radius 2 is 1.18 bits per heavy atom. The first-order chi connectivity index (χ1) is 32.4. The Labute approximate surface area is 395 Å². The van der Waals surface area contributed by atoms with Crippen LogP contribution in [-0.4, -0.2) is 4.57 Å². The molecule has 0 saturated heterocycles. The van der Waals surface area contributed by atoms with E-state index in [1.807, 2.05) is 0 Å². The summed E-state index contributed by atoms with van der Waals surface area (Å²) in [6.45, 7) is 16.9. The van der Waals surface area contributed by atoms with Crippen molar-refractivity contribution in [2.24, 2.45) is 5.92 Å². The molecule has 5 aliphatic rings. The third-order valence-corrected chi connectivity index (χ3v) is 16.5. The highest BCUT2D eigenvalue weighted by Crippen LogP contribution is 2.56. The maximum absolute atomic E-state index is 2.56. The molecule has 1 aromatic heterocycles. The Morgan fingerprint density at radius 3 is 1.96 bits per heavy atom. The van der Waals surface area contributed by atoms with E-state index in [1.54, 1.807) is 5.57 Å². The number of rotatable bonds is 6. The van der Waals surface area contributed by atoms with Gasteiger partial charge in [0, 0.05) is 67.1 Å². The molecule has 0 bridgehead atoms. The van der Waals surface area contributed by atoms with Gasteiger partial charge < -0.3 is 14.4 Å². The molecule has 2 heterocycles. The van der Waals surface area contributed by atoms with Crippen LogP contribution in [0.5, 0.6) is 0 Å². The van der Waals surface area contributed by atoms with E-state index in [9.17, 15) is 0 Å². The molecule has 0 saturated carbocycles. The first-order valence-electron chi connectivity index (χ1n) is 24.4. The molecule has 1 aliphatic heterocycles. The van der Waals surface area contributed by atoms with E-state index < -0.39 is 0 Å². The van der Waals surface area contributed by atoms with Gasteiger partial charge in [-0.1, -0.05) is 163 Å². The summed E-state index contributed by atoms with van der Waals surface area (Å²) in [7, 11) is 0. The van der Waals surface area contributed by atoms with Gasteiger partial charge in [-0.05, 0) is 137 Å². The molecule has 4 aliphatic carbocycles. The Balaban J connectivity index is 1.04. The molecule has 0 spiro atoms. The second-order valence-corrected chi connectivity index (χ2v) is 21.4. The van der Waals surface area contributed by atoms with Crippen molar-refractivity contribution in [3.63, 3.8) is 0 Å². The smallest absolute Gasteiger partial charge is 0.0583 e. The third kappa shape index (κ3) is 5.70. The maximum Gasteiger partial charge on any atom is 0.0583 e. The van der Waals surface area contributed by atoms with Gasteiger partial charge in [0.1, 0.15) is 0 Å². The molecule has 0 fully saturated rings. The van der Waals surface area contributed by atoms with Crippen LogP contribution in [0.4, 0.5) is 28.4 Å². The van der Waals surface area contributed by atoms with Crippen molar-refractivity contribution in [1.82, 2.24) is 4.57 Å². The van der Waals surface area contributed by atoms with E-state index >= 15 is 0 Å². The molecule has 0 N–H and O–H groups in total. The minimum absolute atomic E-state index is 0.0472. The summed E-state index contributed by atoms with van der Waals surface area (Å²) < 4.78 is 2.56. The SMILES string of the molecule is C[C@H]1C=CC2=C(C1)C(C)(C)c1cc(N(c3ccccc3)c3ccc4c(c3)c3cc(N(C5=CCC6C(=C5)C(C)(C)c5ccccc56)c5ccccc5)cc5c3n4-c3ccccc3C5(C)C)ccc12. The molecule has 0 amide bonds. The van der Waals surface area contributed by atoms with Gasteiger partial charge in [0.2, 0.25) is 0 Å². The average Bonchev–Trinajstić information content (AvgIpc) is 3.88. The van der Waals surface area contributed by atoms with E-state index in [2.05, 4.69) is 245 Å². The summed E-state index contributed by atoms with van der Waals surface area (Å²) in [6.07, 6.45) is 11.9. The summed E-state index contributed by atoms with van der Waals surface area (Å²) in [6, 6.07) is 59.6. The largest absolute Gasteiger partial charge is 0.311 e. The molecule has 3 nitrogen and oxygen atoms in total. The van der Waals surface area contributed by atoms with E-state index in [-0.39, 0.29) is 16.2 Å². The molecule has 2 atom stereocenters. The molecular weight excluding hydrogens is 811 g/mol. The first kappa shape index (κ1) is 40.2. The molecule has 1 unspecified atom stereocenters. The number of fused-ring (bicyclic) bond motifs is 10. The summed E-state index contributed by atoms with van der Waals surface area (Å²) in [5.41, 5.74) is 23.4. The topological polar surface area (TPSA) is 11.4 Å². The quantitative estimate of drug-likeness (QED) is 0.165. The van der Waals surface area contributed by atoms with Crippen molar-refractivity contribution in [2.45, 2.75) is 83.5 Å². The lowest BCUT2D eigenvalue weighted by atomic mass is 9.74. The van der Waals surface area contributed by atoms with E-state index in [0.29, 0.717) is 11.8 Å². The maximum atomic E-state index is 2.56. The lowest BCUT2D eigenvalue weighted by molar-refractivity contribution is 0.566. The zero-order valence-electron chi connectivity index (χ0n) is 39.7. The fourth-order valence-electron chi connectivity index (χ4n) is 13.1. The monoisotopic (exact) mass is 867 g/mol. The Bertz CT molecular complexity index is 3510. The van der Waals surface area contributed by atoms with Gasteiger partial charge in [0.05, 0.1) is 16.7 Å². The van der Waals surface area contributed by atoms with Crippen LogP contribution >= 0.6 is 0 Å². The number of hydrogen-bond acceptors (Lipinski definition) is 2. The Morgan fingerprint density at radius 1 is 0.537 bits per heavy atom. The highest BCUT2D eigenvalue weighted by molar-refractivity contribution is 6.14. The zero-order chi connectivity index (χ0) is 45.6. The van der Waals surface area contributed by atoms with Gasteiger partial charge >= 0.3 is 0 Å². The first-order valence-corrected chi connectivity index (χ1v) is 24.4. The highest BCUT2D eigenvalue weighted by Gasteiger charge is 2.43. The van der Waals surface area contributed by atoms with Crippen LogP contribution in [0.15, 0.2) is 199 Å². The molecule has 3 heteroatoms. The number of benzene rings is 7. The minimum Gasteiger partial charge on any atom is -0.311 e. The van der Waals surface area contributed by atoms with Crippen LogP contribution in [0.3, 0.4) is 0 Å². The molecule has 8 aromatic rings. The predicted octanol–water partition coefficient (Wildman–Crippen LogP) is 17.0. The van der Waals surface area contributed by atoms with Gasteiger partial charge in [-0.15, -0.1) is 0 Å². The van der Waals surface area contributed by atoms with Crippen LogP contribution < -0.4 is 9.80 Å². The third-order valence-electron chi connectivity index (χ3n) is 16.5. The van der Waals surface area contributed by atoms with Gasteiger partial charge in [0.15, 0.2) is 0 Å². The normalized spacial score (nSPS) is 19.9. The van der Waals surface area contributed by atoms with E-state index in [0.717, 1.165) is 24.2 Å². The molecule has 7 aromatic carbocycles. The number of para-hydroxylation sites is 3. The lowest BCUT2D eigenvalue weighted by Crippen LogP contribution is -2.27. The Hall–Kier alpha value is -7.10. The summed E-state index contributed by atoms with van der Waals surface area (Å²) in [5, 5.41) is 2.52. The van der Waals surface area contributed by atoms with Gasteiger partial charge in [-0.2, -0.15) is 0 Å². The van der Waals surface area contributed by atoms with Crippen molar-refractivity contribution in [1.29, 1.82) is 0 Å². The second-order valence-electron chi connectivity index (χ2n) is 21.4. The van der Waals surface area contributed by atoms with Crippen molar-refractivity contribution in [2.75, 3.05) is 9.80 Å². The van der Waals surface area contributed by atoms with Crippen molar-refractivity contribution in [3.05, 3.63) is 232 Å². The Kier molecular flexibility index (Phi) is 8.52. The molecular formula is C64H57N3. The summed E-state index contributed by atoms with van der Waals surface area (Å²) in [4.78, 5) is 5.01. The van der Waals surface area contributed by atoms with Crippen molar-refractivity contribution in [3.8, 4) is 5.69 Å². The second kappa shape index (κ2) is 14.2. The molecule has 328 valence electrons. The van der Waals surface area contributed by atoms with Gasteiger partial charge in [-0.3, -0.25) is 0 Å². The number of nitrogens with zero attached hydrogens (tertiary/aromatic N) is 3. The molecule has 0 radical (unpaired) electrons.